The zero-order chi connectivity index (χ0) is 9.47. The lowest BCUT2D eigenvalue weighted by atomic mass is 9.89. The standard InChI is InChI=1S/C10H10F2O/c11-10(12)4-3-7-1-2-9(13)5-8(7)6-10/h1-2,5,13H,3-4,6H2. The molecule has 1 nitrogen and oxygen atoms in total. The Balaban J connectivity index is 2.38. The summed E-state index contributed by atoms with van der Waals surface area (Å²) in [6.07, 6.45) is 0.0874. The van der Waals surface area contributed by atoms with Gasteiger partial charge in [-0.15, -0.1) is 0 Å². The first-order chi connectivity index (χ1) is 6.07. The summed E-state index contributed by atoms with van der Waals surface area (Å²) in [6, 6.07) is 4.70. The van der Waals surface area contributed by atoms with Crippen molar-refractivity contribution < 1.29 is 13.9 Å². The third-order valence-corrected chi connectivity index (χ3v) is 2.40. The summed E-state index contributed by atoms with van der Waals surface area (Å²) in [4.78, 5) is 0. The monoisotopic (exact) mass is 184 g/mol. The highest BCUT2D eigenvalue weighted by Crippen LogP contribution is 2.34. The molecule has 1 aromatic rings. The van der Waals surface area contributed by atoms with Crippen LogP contribution >= 0.6 is 0 Å². The van der Waals surface area contributed by atoms with Gasteiger partial charge in [0.1, 0.15) is 5.75 Å². The van der Waals surface area contributed by atoms with E-state index in [-0.39, 0.29) is 18.6 Å². The van der Waals surface area contributed by atoms with E-state index in [2.05, 4.69) is 0 Å². The van der Waals surface area contributed by atoms with Gasteiger partial charge in [0.25, 0.3) is 5.92 Å². The summed E-state index contributed by atoms with van der Waals surface area (Å²) < 4.78 is 25.9. The largest absolute Gasteiger partial charge is 0.508 e. The normalized spacial score (nSPS) is 19.5. The Morgan fingerprint density at radius 1 is 1.23 bits per heavy atom. The summed E-state index contributed by atoms with van der Waals surface area (Å²) in [5.74, 6) is -2.53. The van der Waals surface area contributed by atoms with Gasteiger partial charge in [0, 0.05) is 12.8 Å². The Morgan fingerprint density at radius 3 is 2.77 bits per heavy atom. The van der Waals surface area contributed by atoms with Crippen molar-refractivity contribution in [1.82, 2.24) is 0 Å². The molecule has 0 saturated carbocycles. The first kappa shape index (κ1) is 8.48. The second-order valence-corrected chi connectivity index (χ2v) is 3.49. The lowest BCUT2D eigenvalue weighted by Crippen LogP contribution is -2.25. The number of phenolic OH excluding ortho intramolecular Hbond substituents is 1. The van der Waals surface area contributed by atoms with Crippen molar-refractivity contribution in [1.29, 1.82) is 0 Å². The van der Waals surface area contributed by atoms with Crippen LogP contribution in [-0.2, 0) is 12.8 Å². The molecule has 1 aliphatic carbocycles. The number of halogens is 2. The number of hydrogen-bond acceptors (Lipinski definition) is 1. The van der Waals surface area contributed by atoms with Crippen molar-refractivity contribution in [3.8, 4) is 5.75 Å². The minimum absolute atomic E-state index is 0.0662. The van der Waals surface area contributed by atoms with Crippen LogP contribution in [-0.4, -0.2) is 11.0 Å². The van der Waals surface area contributed by atoms with Crippen LogP contribution in [0.25, 0.3) is 0 Å². The van der Waals surface area contributed by atoms with Crippen LogP contribution in [0, 0.1) is 0 Å². The second kappa shape index (κ2) is 2.69. The maximum atomic E-state index is 12.9. The molecule has 2 rings (SSSR count). The fourth-order valence-electron chi connectivity index (χ4n) is 1.71. The molecule has 0 aromatic heterocycles. The Bertz CT molecular complexity index is 334. The minimum Gasteiger partial charge on any atom is -0.508 e. The molecule has 3 heteroatoms. The summed E-state index contributed by atoms with van der Waals surface area (Å²) in [6.45, 7) is 0. The number of alkyl halides is 2. The number of benzene rings is 1. The maximum absolute atomic E-state index is 12.9. The van der Waals surface area contributed by atoms with E-state index in [0.717, 1.165) is 5.56 Å². The number of fused-ring (bicyclic) bond motifs is 1. The molecule has 0 spiro atoms. The van der Waals surface area contributed by atoms with E-state index >= 15 is 0 Å². The molecule has 0 bridgehead atoms. The van der Waals surface area contributed by atoms with Gasteiger partial charge in [-0.05, 0) is 29.7 Å². The average molecular weight is 184 g/mol. The zero-order valence-electron chi connectivity index (χ0n) is 7.06. The summed E-state index contributed by atoms with van der Waals surface area (Å²) in [5.41, 5.74) is 1.51. The number of phenols is 1. The Hall–Kier alpha value is -1.12. The van der Waals surface area contributed by atoms with Gasteiger partial charge in [-0.2, -0.15) is 0 Å². The number of rotatable bonds is 0. The van der Waals surface area contributed by atoms with Gasteiger partial charge in [0.2, 0.25) is 0 Å². The topological polar surface area (TPSA) is 20.2 Å². The molecule has 0 unspecified atom stereocenters. The van der Waals surface area contributed by atoms with E-state index in [1.807, 2.05) is 0 Å². The SMILES string of the molecule is Oc1ccc2c(c1)CC(F)(F)CC2. The highest BCUT2D eigenvalue weighted by atomic mass is 19.3. The number of aromatic hydroxyl groups is 1. The highest BCUT2D eigenvalue weighted by Gasteiger charge is 2.33. The van der Waals surface area contributed by atoms with Crippen molar-refractivity contribution in [2.45, 2.75) is 25.2 Å². The Kier molecular flexibility index (Phi) is 1.75. The molecular formula is C10H10F2O. The van der Waals surface area contributed by atoms with E-state index < -0.39 is 5.92 Å². The van der Waals surface area contributed by atoms with Crippen LogP contribution in [0.2, 0.25) is 0 Å². The third kappa shape index (κ3) is 1.64. The Morgan fingerprint density at radius 2 is 2.00 bits per heavy atom. The van der Waals surface area contributed by atoms with Gasteiger partial charge >= 0.3 is 0 Å². The van der Waals surface area contributed by atoms with Gasteiger partial charge in [-0.25, -0.2) is 8.78 Å². The predicted molar refractivity (Wildman–Crippen MR) is 45.1 cm³/mol. The molecule has 0 atom stereocenters. The quantitative estimate of drug-likeness (QED) is 0.656. The second-order valence-electron chi connectivity index (χ2n) is 3.49. The molecule has 0 fully saturated rings. The van der Waals surface area contributed by atoms with E-state index in [9.17, 15) is 8.78 Å². The van der Waals surface area contributed by atoms with Gasteiger partial charge in [-0.1, -0.05) is 6.07 Å². The molecule has 1 aromatic carbocycles. The van der Waals surface area contributed by atoms with Crippen LogP contribution in [0.1, 0.15) is 17.5 Å². The van der Waals surface area contributed by atoms with Crippen molar-refractivity contribution in [2.24, 2.45) is 0 Å². The molecule has 0 saturated heterocycles. The van der Waals surface area contributed by atoms with Crippen molar-refractivity contribution in [3.63, 3.8) is 0 Å². The molecule has 0 aliphatic heterocycles. The van der Waals surface area contributed by atoms with Crippen LogP contribution < -0.4 is 0 Å². The summed E-state index contributed by atoms with van der Waals surface area (Å²) in [7, 11) is 0. The van der Waals surface area contributed by atoms with E-state index in [4.69, 9.17) is 5.11 Å². The molecule has 0 heterocycles. The molecule has 0 radical (unpaired) electrons. The smallest absolute Gasteiger partial charge is 0.252 e. The summed E-state index contributed by atoms with van der Waals surface area (Å²) in [5, 5.41) is 9.11. The highest BCUT2D eigenvalue weighted by molar-refractivity contribution is 5.37. The van der Waals surface area contributed by atoms with Crippen LogP contribution in [0.4, 0.5) is 8.78 Å². The van der Waals surface area contributed by atoms with Crippen LogP contribution in [0.3, 0.4) is 0 Å². The molecule has 0 amide bonds. The fraction of sp³-hybridized carbons (Fsp3) is 0.400. The van der Waals surface area contributed by atoms with Crippen molar-refractivity contribution in [2.75, 3.05) is 0 Å². The lowest BCUT2D eigenvalue weighted by molar-refractivity contribution is -0.0122. The molecule has 1 aliphatic rings. The van der Waals surface area contributed by atoms with Gasteiger partial charge in [0.15, 0.2) is 0 Å². The summed E-state index contributed by atoms with van der Waals surface area (Å²) >= 11 is 0. The van der Waals surface area contributed by atoms with Crippen LogP contribution in [0.5, 0.6) is 5.75 Å². The average Bonchev–Trinajstić information content (AvgIpc) is 2.01. The van der Waals surface area contributed by atoms with Gasteiger partial charge < -0.3 is 5.11 Å². The minimum atomic E-state index is -2.60. The predicted octanol–water partition coefficient (Wildman–Crippen LogP) is 2.52. The number of aryl methyl sites for hydroxylation is 1. The van der Waals surface area contributed by atoms with E-state index in [0.29, 0.717) is 12.0 Å². The lowest BCUT2D eigenvalue weighted by Gasteiger charge is -2.24. The third-order valence-electron chi connectivity index (χ3n) is 2.40. The first-order valence-corrected chi connectivity index (χ1v) is 4.25. The van der Waals surface area contributed by atoms with E-state index in [1.54, 1.807) is 12.1 Å². The number of hydrogen-bond donors (Lipinski definition) is 1. The van der Waals surface area contributed by atoms with Crippen molar-refractivity contribution >= 4 is 0 Å². The first-order valence-electron chi connectivity index (χ1n) is 4.25. The zero-order valence-corrected chi connectivity index (χ0v) is 7.06. The maximum Gasteiger partial charge on any atom is 0.252 e. The van der Waals surface area contributed by atoms with Crippen molar-refractivity contribution in [3.05, 3.63) is 29.3 Å². The Labute approximate surface area is 75.0 Å². The molecular weight excluding hydrogens is 174 g/mol. The molecule has 13 heavy (non-hydrogen) atoms. The van der Waals surface area contributed by atoms with Gasteiger partial charge in [-0.3, -0.25) is 0 Å². The van der Waals surface area contributed by atoms with Gasteiger partial charge in [0.05, 0.1) is 0 Å². The van der Waals surface area contributed by atoms with Crippen LogP contribution in [0.15, 0.2) is 18.2 Å². The molecule has 1 N–H and O–H groups in total. The fourth-order valence-corrected chi connectivity index (χ4v) is 1.71. The van der Waals surface area contributed by atoms with E-state index in [1.165, 1.54) is 6.07 Å². The molecule has 70 valence electrons.